The normalized spacial score (nSPS) is 29.8. The first kappa shape index (κ1) is 12.6. The number of ketones is 1. The Morgan fingerprint density at radius 3 is 2.37 bits per heavy atom. The molecule has 2 fully saturated rings. The second-order valence-corrected chi connectivity index (χ2v) is 5.85. The molecule has 0 radical (unpaired) electrons. The first-order chi connectivity index (χ1) is 9.26. The van der Waals surface area contributed by atoms with E-state index in [-0.39, 0.29) is 5.92 Å². The fraction of sp³-hybridized carbons (Fsp3) is 0.471. The SMILES string of the molecule is C=Cc1ccc(C(=O)C2CC3CCCC(C2)N3)cc1. The van der Waals surface area contributed by atoms with Gasteiger partial charge >= 0.3 is 0 Å². The van der Waals surface area contributed by atoms with E-state index in [1.807, 2.05) is 30.3 Å². The van der Waals surface area contributed by atoms with E-state index in [0.29, 0.717) is 17.9 Å². The Hall–Kier alpha value is -1.41. The molecular formula is C17H21NO. The van der Waals surface area contributed by atoms with E-state index >= 15 is 0 Å². The van der Waals surface area contributed by atoms with E-state index in [0.717, 1.165) is 24.0 Å². The fourth-order valence-electron chi connectivity index (χ4n) is 3.50. The second kappa shape index (κ2) is 5.30. The predicted octanol–water partition coefficient (Wildman–Crippen LogP) is 3.43. The lowest BCUT2D eigenvalue weighted by atomic mass is 9.77. The molecule has 0 amide bonds. The van der Waals surface area contributed by atoms with Gasteiger partial charge in [0.1, 0.15) is 0 Å². The summed E-state index contributed by atoms with van der Waals surface area (Å²) in [6, 6.07) is 8.96. The Morgan fingerprint density at radius 1 is 1.16 bits per heavy atom. The molecule has 1 N–H and O–H groups in total. The van der Waals surface area contributed by atoms with Crippen molar-refractivity contribution >= 4 is 11.9 Å². The summed E-state index contributed by atoms with van der Waals surface area (Å²) < 4.78 is 0. The number of rotatable bonds is 3. The van der Waals surface area contributed by atoms with Crippen molar-refractivity contribution < 1.29 is 4.79 Å². The van der Waals surface area contributed by atoms with Gasteiger partial charge in [0.2, 0.25) is 0 Å². The number of nitrogens with one attached hydrogen (secondary N) is 1. The molecule has 0 aromatic heterocycles. The van der Waals surface area contributed by atoms with Crippen LogP contribution in [-0.4, -0.2) is 17.9 Å². The molecule has 2 atom stereocenters. The van der Waals surface area contributed by atoms with E-state index in [9.17, 15) is 4.79 Å². The lowest BCUT2D eigenvalue weighted by molar-refractivity contribution is 0.0825. The molecule has 2 bridgehead atoms. The summed E-state index contributed by atoms with van der Waals surface area (Å²) in [6.45, 7) is 3.74. The standard InChI is InChI=1S/C17H21NO/c1-2-12-6-8-13(9-7-12)17(19)14-10-15-4-3-5-16(11-14)18-15/h2,6-9,14-16,18H,1,3-5,10-11H2. The molecule has 2 aliphatic rings. The van der Waals surface area contributed by atoms with Gasteiger partial charge in [0.05, 0.1) is 0 Å². The molecule has 19 heavy (non-hydrogen) atoms. The molecule has 1 aromatic rings. The van der Waals surface area contributed by atoms with E-state index in [1.54, 1.807) is 0 Å². The summed E-state index contributed by atoms with van der Waals surface area (Å²) >= 11 is 0. The van der Waals surface area contributed by atoms with Gasteiger partial charge < -0.3 is 5.32 Å². The van der Waals surface area contributed by atoms with Crippen molar-refractivity contribution in [2.24, 2.45) is 5.92 Å². The molecular weight excluding hydrogens is 234 g/mol. The average molecular weight is 255 g/mol. The molecule has 2 nitrogen and oxygen atoms in total. The molecule has 2 aliphatic heterocycles. The number of carbonyl (C=O) groups is 1. The number of Topliss-reactive ketones (excluding diaryl/α,β-unsaturated/α-hetero) is 1. The summed E-state index contributed by atoms with van der Waals surface area (Å²) in [5.74, 6) is 0.542. The highest BCUT2D eigenvalue weighted by molar-refractivity contribution is 5.98. The predicted molar refractivity (Wildman–Crippen MR) is 78.2 cm³/mol. The summed E-state index contributed by atoms with van der Waals surface area (Å²) in [7, 11) is 0. The Labute approximate surface area is 114 Å². The van der Waals surface area contributed by atoms with Gasteiger partial charge in [0.15, 0.2) is 5.78 Å². The molecule has 2 unspecified atom stereocenters. The monoisotopic (exact) mass is 255 g/mol. The number of hydrogen-bond donors (Lipinski definition) is 1. The van der Waals surface area contributed by atoms with Crippen LogP contribution in [0.1, 0.15) is 48.0 Å². The van der Waals surface area contributed by atoms with Crippen LogP contribution in [0.4, 0.5) is 0 Å². The van der Waals surface area contributed by atoms with Gasteiger partial charge in [0, 0.05) is 23.6 Å². The highest BCUT2D eigenvalue weighted by Crippen LogP contribution is 2.31. The first-order valence-electron chi connectivity index (χ1n) is 7.29. The Balaban J connectivity index is 1.74. The molecule has 3 rings (SSSR count). The van der Waals surface area contributed by atoms with Crippen LogP contribution in [0, 0.1) is 5.92 Å². The van der Waals surface area contributed by atoms with Gasteiger partial charge in [0.25, 0.3) is 0 Å². The third-order valence-corrected chi connectivity index (χ3v) is 4.52. The molecule has 2 heteroatoms. The lowest BCUT2D eigenvalue weighted by Gasteiger charge is -2.39. The topological polar surface area (TPSA) is 29.1 Å². The minimum absolute atomic E-state index is 0.214. The highest BCUT2D eigenvalue weighted by Gasteiger charge is 2.34. The molecule has 0 spiro atoms. The quantitative estimate of drug-likeness (QED) is 0.838. The van der Waals surface area contributed by atoms with Crippen molar-refractivity contribution in [2.75, 3.05) is 0 Å². The van der Waals surface area contributed by atoms with Crippen molar-refractivity contribution in [3.05, 3.63) is 42.0 Å². The van der Waals surface area contributed by atoms with Crippen LogP contribution in [0.25, 0.3) is 6.08 Å². The van der Waals surface area contributed by atoms with E-state index in [1.165, 1.54) is 19.3 Å². The maximum Gasteiger partial charge on any atom is 0.166 e. The van der Waals surface area contributed by atoms with Crippen molar-refractivity contribution in [3.8, 4) is 0 Å². The molecule has 2 saturated heterocycles. The van der Waals surface area contributed by atoms with Crippen molar-refractivity contribution in [1.29, 1.82) is 0 Å². The Morgan fingerprint density at radius 2 is 1.79 bits per heavy atom. The summed E-state index contributed by atoms with van der Waals surface area (Å²) in [6.07, 6.45) is 7.61. The van der Waals surface area contributed by atoms with Crippen LogP contribution in [0.15, 0.2) is 30.8 Å². The van der Waals surface area contributed by atoms with Crippen LogP contribution in [0.2, 0.25) is 0 Å². The maximum absolute atomic E-state index is 12.6. The third-order valence-electron chi connectivity index (χ3n) is 4.52. The van der Waals surface area contributed by atoms with Crippen LogP contribution in [-0.2, 0) is 0 Å². The number of hydrogen-bond acceptors (Lipinski definition) is 2. The Kier molecular flexibility index (Phi) is 3.52. The highest BCUT2D eigenvalue weighted by atomic mass is 16.1. The van der Waals surface area contributed by atoms with Gasteiger partial charge in [-0.3, -0.25) is 4.79 Å². The summed E-state index contributed by atoms with van der Waals surface area (Å²) in [4.78, 5) is 12.6. The zero-order valence-electron chi connectivity index (χ0n) is 11.3. The number of piperidine rings is 2. The van der Waals surface area contributed by atoms with Gasteiger partial charge in [-0.05, 0) is 31.2 Å². The minimum Gasteiger partial charge on any atom is -0.311 e. The van der Waals surface area contributed by atoms with Crippen LogP contribution >= 0.6 is 0 Å². The van der Waals surface area contributed by atoms with E-state index in [2.05, 4.69) is 11.9 Å². The molecule has 2 heterocycles. The molecule has 0 saturated carbocycles. The summed E-state index contributed by atoms with van der Waals surface area (Å²) in [5, 5.41) is 3.64. The number of benzene rings is 1. The molecule has 100 valence electrons. The molecule has 0 aliphatic carbocycles. The zero-order chi connectivity index (χ0) is 13.2. The van der Waals surface area contributed by atoms with Gasteiger partial charge in [-0.25, -0.2) is 0 Å². The second-order valence-electron chi connectivity index (χ2n) is 5.85. The van der Waals surface area contributed by atoms with Crippen molar-refractivity contribution in [3.63, 3.8) is 0 Å². The largest absolute Gasteiger partial charge is 0.311 e. The van der Waals surface area contributed by atoms with Crippen LogP contribution < -0.4 is 5.32 Å². The molecule has 1 aromatic carbocycles. The maximum atomic E-state index is 12.6. The lowest BCUT2D eigenvalue weighted by Crippen LogP contribution is -2.50. The smallest absolute Gasteiger partial charge is 0.166 e. The van der Waals surface area contributed by atoms with Gasteiger partial charge in [-0.2, -0.15) is 0 Å². The Bertz CT molecular complexity index is 465. The third kappa shape index (κ3) is 2.64. The van der Waals surface area contributed by atoms with E-state index < -0.39 is 0 Å². The number of carbonyl (C=O) groups excluding carboxylic acids is 1. The van der Waals surface area contributed by atoms with Crippen molar-refractivity contribution in [2.45, 2.75) is 44.2 Å². The summed E-state index contributed by atoms with van der Waals surface area (Å²) in [5.41, 5.74) is 1.93. The van der Waals surface area contributed by atoms with Crippen LogP contribution in [0.5, 0.6) is 0 Å². The average Bonchev–Trinajstić information content (AvgIpc) is 2.46. The van der Waals surface area contributed by atoms with Crippen LogP contribution in [0.3, 0.4) is 0 Å². The van der Waals surface area contributed by atoms with Gasteiger partial charge in [-0.15, -0.1) is 0 Å². The van der Waals surface area contributed by atoms with Crippen molar-refractivity contribution in [1.82, 2.24) is 5.32 Å². The fourth-order valence-corrected chi connectivity index (χ4v) is 3.50. The zero-order valence-corrected chi connectivity index (χ0v) is 11.3. The minimum atomic E-state index is 0.214. The van der Waals surface area contributed by atoms with E-state index in [4.69, 9.17) is 0 Å². The first-order valence-corrected chi connectivity index (χ1v) is 7.29. The number of fused-ring (bicyclic) bond motifs is 2. The van der Waals surface area contributed by atoms with Gasteiger partial charge in [-0.1, -0.05) is 43.3 Å².